The van der Waals surface area contributed by atoms with E-state index in [4.69, 9.17) is 0 Å². The van der Waals surface area contributed by atoms with Crippen LogP contribution in [0.25, 0.3) is 11.4 Å². The van der Waals surface area contributed by atoms with Gasteiger partial charge in [-0.25, -0.2) is 13.8 Å². The van der Waals surface area contributed by atoms with Crippen LogP contribution >= 0.6 is 0 Å². The summed E-state index contributed by atoms with van der Waals surface area (Å²) in [6, 6.07) is 14.1. The molecule has 0 amide bonds. The molecule has 1 atom stereocenters. The summed E-state index contributed by atoms with van der Waals surface area (Å²) in [5, 5.41) is 0. The highest BCUT2D eigenvalue weighted by Crippen LogP contribution is 2.25. The van der Waals surface area contributed by atoms with Crippen LogP contribution in [0.1, 0.15) is 17.7 Å². The summed E-state index contributed by atoms with van der Waals surface area (Å²) in [6.07, 6.45) is 2.98. The molecule has 0 spiro atoms. The monoisotopic (exact) mass is 367 g/mol. The first kappa shape index (κ1) is 17.9. The molecule has 1 aliphatic heterocycles. The molecule has 3 nitrogen and oxygen atoms in total. The minimum atomic E-state index is -0.528. The average Bonchev–Trinajstić information content (AvgIpc) is 3.26. The van der Waals surface area contributed by atoms with Crippen molar-refractivity contribution < 1.29 is 8.78 Å². The van der Waals surface area contributed by atoms with Crippen molar-refractivity contribution in [3.8, 4) is 11.4 Å². The number of halogens is 2. The molecule has 1 aliphatic rings. The van der Waals surface area contributed by atoms with Gasteiger partial charge in [-0.1, -0.05) is 36.4 Å². The Morgan fingerprint density at radius 2 is 1.93 bits per heavy atom. The van der Waals surface area contributed by atoms with Gasteiger partial charge in [0.15, 0.2) is 0 Å². The number of nitrogens with zero attached hydrogens (tertiary/aromatic N) is 3. The van der Waals surface area contributed by atoms with Gasteiger partial charge in [0, 0.05) is 48.7 Å². The highest BCUT2D eigenvalue weighted by Gasteiger charge is 2.25. The Hall–Kier alpha value is -2.53. The topological polar surface area (TPSA) is 21.1 Å². The molecule has 3 aromatic rings. The number of aryl methyl sites for hydroxylation is 1. The lowest BCUT2D eigenvalue weighted by Gasteiger charge is -2.18. The Kier molecular flexibility index (Phi) is 5.03. The maximum absolute atomic E-state index is 13.9. The largest absolute Gasteiger partial charge is 0.328 e. The van der Waals surface area contributed by atoms with Gasteiger partial charge in [-0.05, 0) is 31.9 Å². The maximum atomic E-state index is 13.9. The molecule has 2 aromatic carbocycles. The fraction of sp³-hybridized carbons (Fsp3) is 0.318. The van der Waals surface area contributed by atoms with Crippen LogP contribution in [0.15, 0.2) is 54.7 Å². The molecule has 0 radical (unpaired) electrons. The number of hydrogen-bond donors (Lipinski definition) is 0. The molecular weight excluding hydrogens is 344 g/mol. The molecule has 0 saturated carbocycles. The van der Waals surface area contributed by atoms with Gasteiger partial charge in [0.2, 0.25) is 0 Å². The fourth-order valence-corrected chi connectivity index (χ4v) is 3.86. The summed E-state index contributed by atoms with van der Waals surface area (Å²) >= 11 is 0. The first-order chi connectivity index (χ1) is 13.1. The molecule has 2 heterocycles. The van der Waals surface area contributed by atoms with Crippen molar-refractivity contribution in [2.75, 3.05) is 13.1 Å². The summed E-state index contributed by atoms with van der Waals surface area (Å²) in [4.78, 5) is 6.84. The smallest absolute Gasteiger partial charge is 0.140 e. The number of imidazole rings is 1. The van der Waals surface area contributed by atoms with Gasteiger partial charge >= 0.3 is 0 Å². The van der Waals surface area contributed by atoms with Crippen molar-refractivity contribution in [2.45, 2.75) is 26.4 Å². The third-order valence-electron chi connectivity index (χ3n) is 5.31. The van der Waals surface area contributed by atoms with E-state index in [1.54, 1.807) is 6.07 Å². The molecule has 1 unspecified atom stereocenters. The van der Waals surface area contributed by atoms with Gasteiger partial charge in [0.05, 0.1) is 0 Å². The van der Waals surface area contributed by atoms with Crippen LogP contribution in [-0.4, -0.2) is 27.5 Å². The Morgan fingerprint density at radius 3 is 2.70 bits per heavy atom. The van der Waals surface area contributed by atoms with E-state index >= 15 is 0 Å². The number of benzene rings is 2. The molecule has 1 saturated heterocycles. The van der Waals surface area contributed by atoms with E-state index in [0.29, 0.717) is 18.0 Å². The van der Waals surface area contributed by atoms with Crippen molar-refractivity contribution >= 4 is 0 Å². The molecule has 1 fully saturated rings. The van der Waals surface area contributed by atoms with Crippen molar-refractivity contribution in [1.82, 2.24) is 14.5 Å². The van der Waals surface area contributed by atoms with Crippen LogP contribution in [0, 0.1) is 24.5 Å². The normalized spacial score (nSPS) is 17.5. The number of likely N-dealkylation sites (tertiary alicyclic amines) is 1. The molecule has 27 heavy (non-hydrogen) atoms. The molecule has 0 bridgehead atoms. The van der Waals surface area contributed by atoms with Crippen molar-refractivity contribution in [2.24, 2.45) is 5.92 Å². The Labute approximate surface area is 158 Å². The van der Waals surface area contributed by atoms with Gasteiger partial charge in [-0.3, -0.25) is 4.90 Å². The lowest BCUT2D eigenvalue weighted by atomic mass is 10.1. The predicted molar refractivity (Wildman–Crippen MR) is 102 cm³/mol. The van der Waals surface area contributed by atoms with Crippen LogP contribution in [0.2, 0.25) is 0 Å². The summed E-state index contributed by atoms with van der Waals surface area (Å²) in [5.41, 5.74) is 2.83. The zero-order valence-corrected chi connectivity index (χ0v) is 15.4. The molecule has 5 heteroatoms. The minimum Gasteiger partial charge on any atom is -0.328 e. The second-order valence-electron chi connectivity index (χ2n) is 7.33. The third kappa shape index (κ3) is 3.93. The summed E-state index contributed by atoms with van der Waals surface area (Å²) in [7, 11) is 0. The maximum Gasteiger partial charge on any atom is 0.140 e. The lowest BCUT2D eigenvalue weighted by molar-refractivity contribution is 0.304. The third-order valence-corrected chi connectivity index (χ3v) is 5.31. The highest BCUT2D eigenvalue weighted by molar-refractivity contribution is 5.55. The first-order valence-corrected chi connectivity index (χ1v) is 9.34. The number of hydrogen-bond acceptors (Lipinski definition) is 2. The second-order valence-corrected chi connectivity index (χ2v) is 7.33. The number of aromatic nitrogens is 2. The zero-order chi connectivity index (χ0) is 18.8. The van der Waals surface area contributed by atoms with Gasteiger partial charge < -0.3 is 4.57 Å². The van der Waals surface area contributed by atoms with E-state index in [2.05, 4.69) is 33.5 Å². The minimum absolute atomic E-state index is 0.463. The van der Waals surface area contributed by atoms with Gasteiger partial charge in [-0.15, -0.1) is 0 Å². The number of rotatable bonds is 5. The molecular formula is C22H23F2N3. The molecule has 0 aliphatic carbocycles. The Bertz CT molecular complexity index is 921. The van der Waals surface area contributed by atoms with Crippen LogP contribution < -0.4 is 0 Å². The summed E-state index contributed by atoms with van der Waals surface area (Å²) < 4.78 is 29.3. The standard InChI is InChI=1S/C22H23F2N3/c1-16-12-25-22(18-5-3-2-4-6-18)27(16)14-17-9-10-26(13-17)15-19-7-8-20(23)11-21(19)24/h2-8,11-12,17H,9-10,13-15H2,1H3. The first-order valence-electron chi connectivity index (χ1n) is 9.34. The van der Waals surface area contributed by atoms with Crippen molar-refractivity contribution in [3.63, 3.8) is 0 Å². The summed E-state index contributed by atoms with van der Waals surface area (Å²) in [5.74, 6) is 0.495. The predicted octanol–water partition coefficient (Wildman–Crippen LogP) is 4.66. The van der Waals surface area contributed by atoms with E-state index in [9.17, 15) is 8.78 Å². The van der Waals surface area contributed by atoms with E-state index in [0.717, 1.165) is 49.2 Å². The summed E-state index contributed by atoms with van der Waals surface area (Å²) in [6.45, 7) is 5.34. The van der Waals surface area contributed by atoms with Gasteiger partial charge in [0.25, 0.3) is 0 Å². The molecule has 0 N–H and O–H groups in total. The molecule has 1 aromatic heterocycles. The molecule has 4 rings (SSSR count). The van der Waals surface area contributed by atoms with Crippen LogP contribution in [-0.2, 0) is 13.1 Å². The van der Waals surface area contributed by atoms with Crippen LogP contribution in [0.4, 0.5) is 8.78 Å². The second kappa shape index (κ2) is 7.61. The van der Waals surface area contributed by atoms with Crippen LogP contribution in [0.5, 0.6) is 0 Å². The van der Waals surface area contributed by atoms with Crippen molar-refractivity contribution in [3.05, 3.63) is 77.6 Å². The van der Waals surface area contributed by atoms with E-state index in [1.807, 2.05) is 24.4 Å². The van der Waals surface area contributed by atoms with Gasteiger partial charge in [0.1, 0.15) is 17.5 Å². The van der Waals surface area contributed by atoms with E-state index < -0.39 is 11.6 Å². The lowest BCUT2D eigenvalue weighted by Crippen LogP contribution is -2.22. The zero-order valence-electron chi connectivity index (χ0n) is 15.4. The molecule has 140 valence electrons. The van der Waals surface area contributed by atoms with E-state index in [1.165, 1.54) is 6.07 Å². The Morgan fingerprint density at radius 1 is 1.11 bits per heavy atom. The SMILES string of the molecule is Cc1cnc(-c2ccccc2)n1CC1CCN(Cc2ccc(F)cc2F)C1. The fourth-order valence-electron chi connectivity index (χ4n) is 3.86. The van der Waals surface area contributed by atoms with E-state index in [-0.39, 0.29) is 0 Å². The quantitative estimate of drug-likeness (QED) is 0.654. The van der Waals surface area contributed by atoms with Crippen molar-refractivity contribution in [1.29, 1.82) is 0 Å². The average molecular weight is 367 g/mol. The Balaban J connectivity index is 1.44. The van der Waals surface area contributed by atoms with Crippen LogP contribution in [0.3, 0.4) is 0 Å². The van der Waals surface area contributed by atoms with Gasteiger partial charge in [-0.2, -0.15) is 0 Å². The highest BCUT2D eigenvalue weighted by atomic mass is 19.1.